The molecule has 1 atom stereocenters. The van der Waals surface area contributed by atoms with Crippen LogP contribution in [-0.2, 0) is 11.2 Å². The number of benzene rings is 1. The zero-order valence-electron chi connectivity index (χ0n) is 11.2. The average Bonchev–Trinajstić information content (AvgIpc) is 3.07. The first-order valence-electron chi connectivity index (χ1n) is 6.67. The summed E-state index contributed by atoms with van der Waals surface area (Å²) in [6.07, 6.45) is 1.93. The Bertz CT molecular complexity index is 517. The van der Waals surface area contributed by atoms with Gasteiger partial charge in [-0.25, -0.2) is 4.79 Å². The number of rotatable bonds is 4. The lowest BCUT2D eigenvalue weighted by molar-refractivity contribution is -0.146. The molecule has 0 bridgehead atoms. The van der Waals surface area contributed by atoms with Gasteiger partial charge in [0.2, 0.25) is 0 Å². The van der Waals surface area contributed by atoms with Gasteiger partial charge in [0.15, 0.2) is 17.6 Å². The van der Waals surface area contributed by atoms with Crippen molar-refractivity contribution in [3.63, 3.8) is 0 Å². The van der Waals surface area contributed by atoms with Crippen molar-refractivity contribution in [1.29, 1.82) is 0 Å². The Morgan fingerprint density at radius 1 is 1.47 bits per heavy atom. The third-order valence-corrected chi connectivity index (χ3v) is 3.60. The van der Waals surface area contributed by atoms with E-state index in [1.165, 1.54) is 0 Å². The summed E-state index contributed by atoms with van der Waals surface area (Å²) in [5.41, 5.74) is 0.836. The zero-order valence-corrected chi connectivity index (χ0v) is 11.2. The van der Waals surface area contributed by atoms with Crippen LogP contribution < -0.4 is 9.47 Å². The van der Waals surface area contributed by atoms with Crippen molar-refractivity contribution >= 4 is 5.97 Å². The molecule has 102 valence electrons. The summed E-state index contributed by atoms with van der Waals surface area (Å²) in [6.45, 7) is 4.04. The number of aliphatic carboxylic acids is 1. The van der Waals surface area contributed by atoms with Gasteiger partial charge in [-0.15, -0.1) is 0 Å². The third kappa shape index (κ3) is 2.39. The Hall–Kier alpha value is -1.71. The summed E-state index contributed by atoms with van der Waals surface area (Å²) in [7, 11) is 0. The molecule has 4 nitrogen and oxygen atoms in total. The van der Waals surface area contributed by atoms with Crippen LogP contribution in [0.1, 0.15) is 32.3 Å². The second-order valence-corrected chi connectivity index (χ2v) is 6.00. The smallest absolute Gasteiger partial charge is 0.345 e. The highest BCUT2D eigenvalue weighted by Gasteiger charge is 2.40. The molecule has 1 aromatic carbocycles. The predicted molar refractivity (Wildman–Crippen MR) is 69.6 cm³/mol. The summed E-state index contributed by atoms with van der Waals surface area (Å²) in [6, 6.07) is 5.69. The molecular formula is C15H18O4. The van der Waals surface area contributed by atoms with Crippen molar-refractivity contribution in [3.8, 4) is 11.5 Å². The number of carboxylic acids is 1. The first kappa shape index (κ1) is 12.3. The Morgan fingerprint density at radius 3 is 2.84 bits per heavy atom. The minimum atomic E-state index is -0.891. The van der Waals surface area contributed by atoms with Crippen LogP contribution >= 0.6 is 0 Å². The molecule has 1 aromatic rings. The van der Waals surface area contributed by atoms with Gasteiger partial charge in [-0.3, -0.25) is 0 Å². The maximum Gasteiger partial charge on any atom is 0.345 e. The largest absolute Gasteiger partial charge is 0.483 e. The number of carboxylic acid groups (broad SMARTS) is 1. The molecule has 3 rings (SSSR count). The first-order valence-corrected chi connectivity index (χ1v) is 6.67. The fourth-order valence-electron chi connectivity index (χ4n) is 2.56. The van der Waals surface area contributed by atoms with Crippen molar-refractivity contribution in [1.82, 2.24) is 0 Å². The fraction of sp³-hybridized carbons (Fsp3) is 0.533. The van der Waals surface area contributed by atoms with Crippen molar-refractivity contribution in [2.45, 2.75) is 44.8 Å². The highest BCUT2D eigenvalue weighted by Crippen LogP contribution is 2.44. The average molecular weight is 262 g/mol. The first-order chi connectivity index (χ1) is 8.96. The molecule has 1 heterocycles. The fourth-order valence-corrected chi connectivity index (χ4v) is 2.56. The molecule has 0 spiro atoms. The Balaban J connectivity index is 1.86. The van der Waals surface area contributed by atoms with Crippen LogP contribution in [0, 0.1) is 5.92 Å². The third-order valence-electron chi connectivity index (χ3n) is 3.60. The zero-order chi connectivity index (χ0) is 13.6. The minimum absolute atomic E-state index is 0.141. The van der Waals surface area contributed by atoms with Crippen LogP contribution in [-0.4, -0.2) is 22.8 Å². The number of para-hydroxylation sites is 1. The van der Waals surface area contributed by atoms with E-state index in [-0.39, 0.29) is 11.5 Å². The molecule has 0 radical (unpaired) electrons. The molecule has 0 saturated heterocycles. The molecule has 1 N–H and O–H groups in total. The standard InChI is InChI=1S/C15H18O4/c1-15(2)8-10-4-3-5-11(12(10)19-15)18-13(14(16)17)9-6-7-9/h3-5,9,13H,6-8H2,1-2H3,(H,16,17). The van der Waals surface area contributed by atoms with Gasteiger partial charge in [0.1, 0.15) is 5.60 Å². The maximum absolute atomic E-state index is 11.2. The van der Waals surface area contributed by atoms with Crippen LogP contribution in [0.15, 0.2) is 18.2 Å². The summed E-state index contributed by atoms with van der Waals surface area (Å²) in [5, 5.41) is 9.23. The van der Waals surface area contributed by atoms with Gasteiger partial charge in [0.25, 0.3) is 0 Å². The molecule has 2 aliphatic rings. The van der Waals surface area contributed by atoms with Gasteiger partial charge in [-0.1, -0.05) is 12.1 Å². The number of hydrogen-bond acceptors (Lipinski definition) is 3. The van der Waals surface area contributed by atoms with Crippen molar-refractivity contribution < 1.29 is 19.4 Å². The lowest BCUT2D eigenvalue weighted by Crippen LogP contribution is -2.29. The molecule has 1 aliphatic carbocycles. The highest BCUT2D eigenvalue weighted by molar-refractivity contribution is 5.74. The minimum Gasteiger partial charge on any atom is -0.483 e. The Labute approximate surface area is 112 Å². The van der Waals surface area contributed by atoms with Crippen LogP contribution in [0.4, 0.5) is 0 Å². The molecular weight excluding hydrogens is 244 g/mol. The van der Waals surface area contributed by atoms with Gasteiger partial charge in [-0.05, 0) is 32.8 Å². The van der Waals surface area contributed by atoms with Gasteiger partial charge in [0.05, 0.1) is 0 Å². The van der Waals surface area contributed by atoms with E-state index in [1.54, 1.807) is 6.07 Å². The van der Waals surface area contributed by atoms with Gasteiger partial charge in [-0.2, -0.15) is 0 Å². The molecule has 4 heteroatoms. The van der Waals surface area contributed by atoms with E-state index in [0.717, 1.165) is 24.8 Å². The summed E-state index contributed by atoms with van der Waals surface area (Å²) >= 11 is 0. The van der Waals surface area contributed by atoms with E-state index in [1.807, 2.05) is 26.0 Å². The van der Waals surface area contributed by atoms with E-state index < -0.39 is 12.1 Å². The van der Waals surface area contributed by atoms with Crippen molar-refractivity contribution in [3.05, 3.63) is 23.8 Å². The molecule has 1 unspecified atom stereocenters. The Morgan fingerprint density at radius 2 is 2.21 bits per heavy atom. The molecule has 0 aromatic heterocycles. The molecule has 0 amide bonds. The summed E-state index contributed by atoms with van der Waals surface area (Å²) in [5.74, 6) is 0.516. The molecule has 1 fully saturated rings. The second kappa shape index (κ2) is 4.15. The molecule has 1 aliphatic heterocycles. The Kier molecular flexibility index (Phi) is 2.69. The number of ether oxygens (including phenoxy) is 2. The quantitative estimate of drug-likeness (QED) is 0.906. The second-order valence-electron chi connectivity index (χ2n) is 6.00. The van der Waals surface area contributed by atoms with E-state index in [2.05, 4.69) is 0 Å². The lowest BCUT2D eigenvalue weighted by Gasteiger charge is -2.20. The number of fused-ring (bicyclic) bond motifs is 1. The maximum atomic E-state index is 11.2. The van der Waals surface area contributed by atoms with Crippen LogP contribution in [0.25, 0.3) is 0 Å². The van der Waals surface area contributed by atoms with E-state index in [0.29, 0.717) is 11.5 Å². The van der Waals surface area contributed by atoms with E-state index in [4.69, 9.17) is 9.47 Å². The summed E-state index contributed by atoms with van der Waals surface area (Å²) < 4.78 is 11.6. The molecule has 1 saturated carbocycles. The van der Waals surface area contributed by atoms with E-state index >= 15 is 0 Å². The van der Waals surface area contributed by atoms with Gasteiger partial charge < -0.3 is 14.6 Å². The van der Waals surface area contributed by atoms with Gasteiger partial charge in [0, 0.05) is 17.9 Å². The normalized spacial score (nSPS) is 21.4. The van der Waals surface area contributed by atoms with E-state index in [9.17, 15) is 9.90 Å². The highest BCUT2D eigenvalue weighted by atomic mass is 16.6. The van der Waals surface area contributed by atoms with Crippen molar-refractivity contribution in [2.75, 3.05) is 0 Å². The van der Waals surface area contributed by atoms with Crippen LogP contribution in [0.3, 0.4) is 0 Å². The number of hydrogen-bond donors (Lipinski definition) is 1. The summed E-state index contributed by atoms with van der Waals surface area (Å²) in [4.78, 5) is 11.2. The van der Waals surface area contributed by atoms with Crippen molar-refractivity contribution in [2.24, 2.45) is 5.92 Å². The predicted octanol–water partition coefficient (Wildman–Crippen LogP) is 2.64. The van der Waals surface area contributed by atoms with Crippen LogP contribution in [0.5, 0.6) is 11.5 Å². The number of carbonyl (C=O) groups is 1. The monoisotopic (exact) mass is 262 g/mol. The lowest BCUT2D eigenvalue weighted by atomic mass is 10.0. The SMILES string of the molecule is CC1(C)Cc2cccc(OC(C(=O)O)C3CC3)c2O1. The molecule has 19 heavy (non-hydrogen) atoms. The van der Waals surface area contributed by atoms with Crippen LogP contribution in [0.2, 0.25) is 0 Å². The topological polar surface area (TPSA) is 55.8 Å². The van der Waals surface area contributed by atoms with Gasteiger partial charge >= 0.3 is 5.97 Å².